The Kier molecular flexibility index (Phi) is 35.9. The molecule has 3 aliphatic rings. The number of phenolic OH excluding ortho intramolecular Hbond substituents is 2. The van der Waals surface area contributed by atoms with Crippen LogP contribution in [0.3, 0.4) is 0 Å². The number of thioether (sulfide) groups is 1. The zero-order chi connectivity index (χ0) is 95.7. The number of nitrogens with two attached hydrogens (primary N) is 1. The molecule has 37 heteroatoms. The summed E-state index contributed by atoms with van der Waals surface area (Å²) in [4.78, 5) is 247. The van der Waals surface area contributed by atoms with E-state index in [9.17, 15) is 48.5 Å². The molecule has 4 heterocycles. The molecule has 0 spiro atoms. The number of fused-ring (bicyclic) bond motifs is 3. The molecule has 35 nitrogen and oxygen atoms in total. The van der Waals surface area contributed by atoms with Crippen molar-refractivity contribution in [3.05, 3.63) is 203 Å². The minimum atomic E-state index is -1.91. The average Bonchev–Trinajstić information content (AvgIpc) is 1.79. The lowest BCUT2D eigenvalue weighted by Crippen LogP contribution is -2.63. The number of rotatable bonds is 20. The van der Waals surface area contributed by atoms with Gasteiger partial charge < -0.3 is 98.4 Å². The Bertz CT molecular complexity index is 5280. The van der Waals surface area contributed by atoms with Crippen LogP contribution in [-0.2, 0) is 115 Å². The smallest absolute Gasteiger partial charge is 0.305 e. The second-order valence-corrected chi connectivity index (χ2v) is 35.5. The minimum Gasteiger partial charge on any atom is -0.508 e. The molecule has 3 saturated heterocycles. The lowest BCUT2D eigenvalue weighted by molar-refractivity contribution is -0.151. The van der Waals surface area contributed by atoms with E-state index in [0.717, 1.165) is 38.6 Å². The van der Waals surface area contributed by atoms with Crippen LogP contribution in [0.15, 0.2) is 164 Å². The van der Waals surface area contributed by atoms with Gasteiger partial charge in [-0.15, -0.1) is 11.8 Å². The molecule has 3 aliphatic heterocycles. The summed E-state index contributed by atoms with van der Waals surface area (Å²) in [5.41, 5.74) is 8.90. The molecule has 0 radical (unpaired) electrons. The first kappa shape index (κ1) is 100. The maximum atomic E-state index is 15.9. The molecule has 7 aromatic rings. The predicted molar refractivity (Wildman–Crippen MR) is 487 cm³/mol. The first-order valence-electron chi connectivity index (χ1n) is 44.0. The number of benzene rings is 6. The number of aromatic nitrogens is 1. The molecular weight excluding hydrogens is 1720 g/mol. The molecule has 3 fully saturated rings. The van der Waals surface area contributed by atoms with Crippen LogP contribution in [0.4, 0.5) is 4.39 Å². The van der Waals surface area contributed by atoms with E-state index in [1.807, 2.05) is 0 Å². The van der Waals surface area contributed by atoms with E-state index < -0.39 is 209 Å². The highest BCUT2D eigenvalue weighted by atomic mass is 32.2. The normalized spacial score (nSPS) is 23.7. The maximum Gasteiger partial charge on any atom is 0.305 e. The van der Waals surface area contributed by atoms with Crippen LogP contribution in [0.2, 0.25) is 0 Å². The van der Waals surface area contributed by atoms with Crippen molar-refractivity contribution < 1.29 is 96.4 Å². The molecule has 15 amide bonds. The summed E-state index contributed by atoms with van der Waals surface area (Å²) in [6.07, 6.45) is -0.0319. The summed E-state index contributed by atoms with van der Waals surface area (Å²) in [6, 6.07) is 20.7. The number of carboxylic acids is 1. The number of carbonyl (C=O) groups excluding carboxylic acids is 15. The SMILES string of the molecule is CC(C)C[C@@H]1NC(=O)[C@H](Cc2ccc(O)cc2)NC(=O)[C@H](Cc2c[nH]c3ccccc23)NC(=O)[C@H]2CCCCN2C(=O)[C@H](Cc2ccc(O)cc2)NC(=O)[C@H](Cc2ccccc2)N(C)C(=O)[C@H](C(C)C)NC(=O)[C@H](CC(=O)O)NC(=O)[C@H]2CCCN2C(=O)[C@H](C)N(C)C(=O)[C@H](Cc2ccc(F)cc2)N(C)C(=O)[C@H](Cc2ccccc2)NC(=O)CSC[C@@H](C(=O)NCC(N)=O)NC1=O. The number of nitrogens with one attached hydrogen (secondary N) is 10. The number of H-pyrrole nitrogens is 1. The minimum absolute atomic E-state index is 0.0126. The Morgan fingerprint density at radius 3 is 1.54 bits per heavy atom. The van der Waals surface area contributed by atoms with E-state index in [0.29, 0.717) is 57.1 Å². The number of aliphatic carboxylic acids is 1. The number of para-hydroxylation sites is 1. The van der Waals surface area contributed by atoms with E-state index in [1.165, 1.54) is 98.5 Å². The van der Waals surface area contributed by atoms with Crippen LogP contribution < -0.4 is 53.6 Å². The third kappa shape index (κ3) is 27.7. The molecule has 0 unspecified atom stereocenters. The molecule has 10 rings (SSSR count). The lowest BCUT2D eigenvalue weighted by Gasteiger charge is -2.38. The van der Waals surface area contributed by atoms with Crippen LogP contribution in [0.5, 0.6) is 11.5 Å². The van der Waals surface area contributed by atoms with Gasteiger partial charge in [0.25, 0.3) is 0 Å². The Morgan fingerprint density at radius 2 is 0.947 bits per heavy atom. The second kappa shape index (κ2) is 47.2. The molecule has 0 aliphatic carbocycles. The fourth-order valence-electron chi connectivity index (χ4n) is 16.4. The number of phenols is 2. The maximum absolute atomic E-state index is 15.9. The number of carbonyl (C=O) groups is 16. The van der Waals surface area contributed by atoms with Crippen LogP contribution in [0.1, 0.15) is 113 Å². The van der Waals surface area contributed by atoms with Gasteiger partial charge in [0.05, 0.1) is 18.7 Å². The van der Waals surface area contributed by atoms with Crippen molar-refractivity contribution >= 4 is 117 Å². The van der Waals surface area contributed by atoms with E-state index in [-0.39, 0.29) is 94.7 Å². The molecular formula is C95H117FN16O19S. The third-order valence-electron chi connectivity index (χ3n) is 23.9. The number of carboxylic acid groups (broad SMARTS) is 1. The summed E-state index contributed by atoms with van der Waals surface area (Å²) >= 11 is 0.805. The number of nitrogens with zero attached hydrogens (tertiary/aromatic N) is 5. The first-order valence-corrected chi connectivity index (χ1v) is 45.2. The Morgan fingerprint density at radius 1 is 0.477 bits per heavy atom. The van der Waals surface area contributed by atoms with Crippen molar-refractivity contribution in [3.63, 3.8) is 0 Å². The highest BCUT2D eigenvalue weighted by Crippen LogP contribution is 2.28. The van der Waals surface area contributed by atoms with Gasteiger partial charge in [-0.3, -0.25) is 76.7 Å². The number of piperidine rings is 1. The van der Waals surface area contributed by atoms with Gasteiger partial charge in [0.1, 0.15) is 95.9 Å². The predicted octanol–water partition coefficient (Wildman–Crippen LogP) is 2.75. The van der Waals surface area contributed by atoms with Crippen molar-refractivity contribution in [2.75, 3.05) is 52.3 Å². The number of amides is 15. The lowest BCUT2D eigenvalue weighted by atomic mass is 9.96. The molecule has 15 N–H and O–H groups in total. The average molecular weight is 1840 g/mol. The molecule has 6 aromatic carbocycles. The van der Waals surface area contributed by atoms with Crippen molar-refractivity contribution in [1.29, 1.82) is 0 Å². The van der Waals surface area contributed by atoms with Crippen LogP contribution in [-0.4, -0.2) is 270 Å². The number of likely N-dealkylation sites (N-methyl/N-ethyl adjacent to an activating group) is 3. The molecule has 704 valence electrons. The van der Waals surface area contributed by atoms with E-state index in [4.69, 9.17) is 5.73 Å². The Balaban J connectivity index is 1.04. The number of hydrogen-bond donors (Lipinski definition) is 14. The van der Waals surface area contributed by atoms with Gasteiger partial charge in [0.15, 0.2) is 0 Å². The quantitative estimate of drug-likeness (QED) is 0.0522. The van der Waals surface area contributed by atoms with Crippen LogP contribution in [0, 0.1) is 17.7 Å². The van der Waals surface area contributed by atoms with E-state index >= 15 is 47.9 Å². The van der Waals surface area contributed by atoms with Crippen LogP contribution >= 0.6 is 11.8 Å². The van der Waals surface area contributed by atoms with Gasteiger partial charge in [-0.25, -0.2) is 4.39 Å². The van der Waals surface area contributed by atoms with Gasteiger partial charge in [-0.05, 0) is 133 Å². The summed E-state index contributed by atoms with van der Waals surface area (Å²) < 4.78 is 14.6. The summed E-state index contributed by atoms with van der Waals surface area (Å²) in [5.74, 6) is -18.1. The van der Waals surface area contributed by atoms with Gasteiger partial charge in [0.2, 0.25) is 88.6 Å². The Labute approximate surface area is 768 Å². The van der Waals surface area contributed by atoms with Crippen molar-refractivity contribution in [3.8, 4) is 11.5 Å². The number of hydrogen-bond acceptors (Lipinski definition) is 19. The zero-order valence-corrected chi connectivity index (χ0v) is 75.8. The number of aromatic hydroxyl groups is 2. The van der Waals surface area contributed by atoms with Gasteiger partial charge in [0, 0.05) is 95.6 Å². The first-order chi connectivity index (χ1) is 62.9. The van der Waals surface area contributed by atoms with Gasteiger partial charge in [-0.1, -0.05) is 143 Å². The summed E-state index contributed by atoms with van der Waals surface area (Å²) in [7, 11) is 3.89. The Hall–Kier alpha value is -13.7. The van der Waals surface area contributed by atoms with Crippen molar-refractivity contribution in [2.45, 2.75) is 197 Å². The highest BCUT2D eigenvalue weighted by molar-refractivity contribution is 8.00. The summed E-state index contributed by atoms with van der Waals surface area (Å²) in [6.45, 7) is 7.17. The monoisotopic (exact) mass is 1840 g/mol. The molecule has 0 bridgehead atoms. The van der Waals surface area contributed by atoms with Gasteiger partial charge >= 0.3 is 5.97 Å². The van der Waals surface area contributed by atoms with E-state index in [2.05, 4.69) is 52.8 Å². The number of halogens is 1. The summed E-state index contributed by atoms with van der Waals surface area (Å²) in [5, 5.41) is 56.3. The molecule has 1 aromatic heterocycles. The second-order valence-electron chi connectivity index (χ2n) is 34.4. The van der Waals surface area contributed by atoms with Crippen molar-refractivity contribution in [1.82, 2.24) is 77.3 Å². The fourth-order valence-corrected chi connectivity index (χ4v) is 17.3. The van der Waals surface area contributed by atoms with Crippen LogP contribution in [0.25, 0.3) is 10.9 Å². The molecule has 13 atom stereocenters. The van der Waals surface area contributed by atoms with Gasteiger partial charge in [-0.2, -0.15) is 0 Å². The largest absolute Gasteiger partial charge is 0.508 e. The van der Waals surface area contributed by atoms with E-state index in [1.54, 1.807) is 119 Å². The standard InChI is InChI=1S/C95H117FN16O19S/c1-54(2)42-68-84(120)106-74(83(119)99-51-79(97)115)52-132-53-80(116)100-72(44-57-20-11-9-12-21-57)92(128)110(8)78(47-61-28-34-63(96)35-29-61)94(130)108(6)56(5)91(127)111-41-19-27-76(111)89(125)104-71(49-81(117)118)87(123)107-82(55(3)4)95(131)109(7)77(46-58-22-13-10-14-23-58)90(126)105-73(45-60-32-38-65(114)39-33-60)93(129)112-40-18-17-26-75(112)88(124)103-70(48-62-50-98-67-25-16-15-24-66(62)67)86(122)102-69(85(121)101-68)43-59-30-36-64(113)37-31-59/h9-16,20-25,28-39,50,54-56,68-78,82,98,113-114H,17-19,26-27,40-49,51-53H2,1-8H3,(H2,97,115)(H,99,119)(H,100,116)(H,101,121)(H,102,122)(H,103,124)(H,104,125)(H,105,126)(H,106,120)(H,107,123)(H,117,118)/t56-,68-,69-,70-,71-,72-,73-,74-,75+,76+,77-,78-,82-/m0/s1. The zero-order valence-electron chi connectivity index (χ0n) is 74.9. The highest BCUT2D eigenvalue weighted by Gasteiger charge is 2.46. The number of primary amides is 1. The molecule has 132 heavy (non-hydrogen) atoms. The fraction of sp³-hybridized carbons (Fsp3) is 0.432. The third-order valence-corrected chi connectivity index (χ3v) is 24.9. The van der Waals surface area contributed by atoms with Crippen molar-refractivity contribution in [2.24, 2.45) is 17.6 Å². The molecule has 0 saturated carbocycles. The number of aromatic amines is 1. The topological polar surface area (TPSA) is 500 Å².